The van der Waals surface area contributed by atoms with Crippen LogP contribution in [0.2, 0.25) is 0 Å². The van der Waals surface area contributed by atoms with Crippen LogP contribution in [0, 0.1) is 19.7 Å². The first-order valence-corrected chi connectivity index (χ1v) is 10.2. The fourth-order valence-electron chi connectivity index (χ4n) is 4.45. The number of benzene rings is 1. The molecule has 0 bridgehead atoms. The van der Waals surface area contributed by atoms with Crippen molar-refractivity contribution in [3.8, 4) is 0 Å². The molecule has 0 spiro atoms. The zero-order chi connectivity index (χ0) is 20.7. The monoisotopic (exact) mass is 408 g/mol. The van der Waals surface area contributed by atoms with Crippen LogP contribution in [0.3, 0.4) is 0 Å². The van der Waals surface area contributed by atoms with Crippen molar-refractivity contribution in [3.05, 3.63) is 83.2 Å². The molecule has 3 heterocycles. The molecule has 1 aliphatic heterocycles. The van der Waals surface area contributed by atoms with Gasteiger partial charge in [-0.3, -0.25) is 4.98 Å². The highest BCUT2D eigenvalue weighted by atomic mass is 32.1. The maximum absolute atomic E-state index is 13.6. The predicted octanol–water partition coefficient (Wildman–Crippen LogP) is 5.40. The Kier molecular flexibility index (Phi) is 5.13. The summed E-state index contributed by atoms with van der Waals surface area (Å²) in [7, 11) is 0. The molecule has 29 heavy (non-hydrogen) atoms. The molecule has 6 heteroatoms. The summed E-state index contributed by atoms with van der Waals surface area (Å²) in [6, 6.07) is 14.8. The number of hydrogen-bond acceptors (Lipinski definition) is 2. The number of aryl methyl sites for hydroxylation is 1. The van der Waals surface area contributed by atoms with Crippen LogP contribution in [0.5, 0.6) is 0 Å². The van der Waals surface area contributed by atoms with Crippen molar-refractivity contribution in [1.29, 1.82) is 0 Å². The Hall–Kier alpha value is -2.73. The molecule has 1 aromatic carbocycles. The van der Waals surface area contributed by atoms with Gasteiger partial charge < -0.3 is 14.8 Å². The smallest absolute Gasteiger partial charge is 0.174 e. The molecule has 3 aromatic rings. The van der Waals surface area contributed by atoms with Crippen molar-refractivity contribution in [1.82, 2.24) is 14.9 Å². The fraction of sp³-hybridized carbons (Fsp3) is 0.304. The number of thiocarbonyl (C=S) groups is 1. The Morgan fingerprint density at radius 1 is 1.10 bits per heavy atom. The molecule has 0 unspecified atom stereocenters. The van der Waals surface area contributed by atoms with Gasteiger partial charge >= 0.3 is 0 Å². The maximum Gasteiger partial charge on any atom is 0.174 e. The quantitative estimate of drug-likeness (QED) is 0.586. The number of hydrogen-bond donors (Lipinski definition) is 1. The summed E-state index contributed by atoms with van der Waals surface area (Å²) >= 11 is 5.73. The third-order valence-corrected chi connectivity index (χ3v) is 5.88. The zero-order valence-corrected chi connectivity index (χ0v) is 17.9. The third-order valence-electron chi connectivity index (χ3n) is 5.56. The molecular weight excluding hydrogens is 383 g/mol. The first-order valence-electron chi connectivity index (χ1n) is 9.83. The minimum absolute atomic E-state index is 0.0819. The van der Waals surface area contributed by atoms with Crippen molar-refractivity contribution in [3.63, 3.8) is 0 Å². The van der Waals surface area contributed by atoms with Crippen LogP contribution in [-0.4, -0.2) is 14.7 Å². The molecule has 0 radical (unpaired) electrons. The van der Waals surface area contributed by atoms with Gasteiger partial charge in [0.15, 0.2) is 5.11 Å². The molecule has 1 N–H and O–H groups in total. The second kappa shape index (κ2) is 7.59. The molecule has 1 fully saturated rings. The third kappa shape index (κ3) is 3.42. The molecule has 0 amide bonds. The van der Waals surface area contributed by atoms with Crippen LogP contribution >= 0.6 is 12.2 Å². The molecule has 0 aliphatic carbocycles. The standard InChI is InChI=1S/C23H25FN4S/c1-14(2)27-15(3)13-19(16(27)4)22-21(20-7-5-6-12-25-20)26-23(29)28(22)18-10-8-17(24)9-11-18/h5-14,21-22H,1-4H3,(H,26,29)/t21-,22+/m0/s1. The molecule has 1 aliphatic rings. The van der Waals surface area contributed by atoms with Gasteiger partial charge in [-0.2, -0.15) is 0 Å². The van der Waals surface area contributed by atoms with Crippen LogP contribution in [0.15, 0.2) is 54.7 Å². The van der Waals surface area contributed by atoms with Crippen LogP contribution in [0.1, 0.15) is 54.6 Å². The number of nitrogens with zero attached hydrogens (tertiary/aromatic N) is 3. The lowest BCUT2D eigenvalue weighted by molar-refractivity contribution is 0.547. The summed E-state index contributed by atoms with van der Waals surface area (Å²) in [6.45, 7) is 8.67. The van der Waals surface area contributed by atoms with Gasteiger partial charge in [-0.15, -0.1) is 0 Å². The van der Waals surface area contributed by atoms with Gasteiger partial charge in [0.25, 0.3) is 0 Å². The largest absolute Gasteiger partial charge is 0.351 e. The SMILES string of the molecule is Cc1cc([C@@H]2[C@H](c3ccccn3)NC(=S)N2c2ccc(F)cc2)c(C)n1C(C)C. The Labute approximate surface area is 176 Å². The van der Waals surface area contributed by atoms with E-state index in [1.54, 1.807) is 18.3 Å². The summed E-state index contributed by atoms with van der Waals surface area (Å²) in [5.41, 5.74) is 5.41. The maximum atomic E-state index is 13.6. The molecule has 0 saturated carbocycles. The van der Waals surface area contributed by atoms with Gasteiger partial charge in [0.05, 0.1) is 17.8 Å². The summed E-state index contributed by atoms with van der Waals surface area (Å²) in [5.74, 6) is -0.261. The number of pyridine rings is 1. The molecule has 4 rings (SSSR count). The average molecular weight is 409 g/mol. The Morgan fingerprint density at radius 3 is 2.41 bits per heavy atom. The molecule has 2 aromatic heterocycles. The van der Waals surface area contributed by atoms with Crippen molar-refractivity contribution >= 4 is 23.0 Å². The minimum Gasteiger partial charge on any atom is -0.351 e. The predicted molar refractivity (Wildman–Crippen MR) is 119 cm³/mol. The van der Waals surface area contributed by atoms with Crippen molar-refractivity contribution in [2.24, 2.45) is 0 Å². The van der Waals surface area contributed by atoms with Gasteiger partial charge in [-0.1, -0.05) is 6.07 Å². The second-order valence-corrected chi connectivity index (χ2v) is 8.15. The Bertz CT molecular complexity index is 1030. The number of anilines is 1. The number of nitrogens with one attached hydrogen (secondary N) is 1. The molecule has 2 atom stereocenters. The first-order chi connectivity index (χ1) is 13.9. The summed E-state index contributed by atoms with van der Waals surface area (Å²) in [5, 5.41) is 4.08. The average Bonchev–Trinajstić information content (AvgIpc) is 3.19. The molecule has 150 valence electrons. The van der Waals surface area contributed by atoms with Crippen LogP contribution < -0.4 is 10.2 Å². The lowest BCUT2D eigenvalue weighted by atomic mass is 9.96. The Morgan fingerprint density at radius 2 is 1.83 bits per heavy atom. The number of halogens is 1. The number of aromatic nitrogens is 2. The topological polar surface area (TPSA) is 33.1 Å². The van der Waals surface area contributed by atoms with E-state index in [1.165, 1.54) is 29.1 Å². The van der Waals surface area contributed by atoms with Crippen LogP contribution in [0.25, 0.3) is 0 Å². The highest BCUT2D eigenvalue weighted by molar-refractivity contribution is 7.80. The first kappa shape index (κ1) is 19.6. The summed E-state index contributed by atoms with van der Waals surface area (Å²) < 4.78 is 15.9. The van der Waals surface area contributed by atoms with E-state index in [0.29, 0.717) is 11.2 Å². The minimum atomic E-state index is -0.261. The van der Waals surface area contributed by atoms with Gasteiger partial charge in [0.1, 0.15) is 5.82 Å². The van der Waals surface area contributed by atoms with Crippen molar-refractivity contribution in [2.45, 2.75) is 45.8 Å². The second-order valence-electron chi connectivity index (χ2n) is 7.76. The summed E-state index contributed by atoms with van der Waals surface area (Å²) in [4.78, 5) is 6.68. The van der Waals surface area contributed by atoms with E-state index in [9.17, 15) is 4.39 Å². The van der Waals surface area contributed by atoms with Gasteiger partial charge in [0, 0.05) is 29.3 Å². The van der Waals surface area contributed by atoms with E-state index in [1.807, 2.05) is 18.2 Å². The van der Waals surface area contributed by atoms with Gasteiger partial charge in [-0.05, 0) is 87.9 Å². The van der Waals surface area contributed by atoms with E-state index in [2.05, 4.69) is 53.5 Å². The molecule has 4 nitrogen and oxygen atoms in total. The van der Waals surface area contributed by atoms with Crippen LogP contribution in [-0.2, 0) is 0 Å². The van der Waals surface area contributed by atoms with Gasteiger partial charge in [-0.25, -0.2) is 4.39 Å². The normalized spacial score (nSPS) is 19.1. The van der Waals surface area contributed by atoms with E-state index in [0.717, 1.165) is 11.4 Å². The van der Waals surface area contributed by atoms with Gasteiger partial charge in [0.2, 0.25) is 0 Å². The van der Waals surface area contributed by atoms with Crippen molar-refractivity contribution < 1.29 is 4.39 Å². The highest BCUT2D eigenvalue weighted by Gasteiger charge is 2.42. The lowest BCUT2D eigenvalue weighted by Gasteiger charge is -2.28. The molecule has 1 saturated heterocycles. The van der Waals surface area contributed by atoms with Crippen LogP contribution in [0.4, 0.5) is 10.1 Å². The van der Waals surface area contributed by atoms with E-state index in [-0.39, 0.29) is 17.9 Å². The van der Waals surface area contributed by atoms with Crippen molar-refractivity contribution in [2.75, 3.05) is 4.90 Å². The van der Waals surface area contributed by atoms with E-state index < -0.39 is 0 Å². The highest BCUT2D eigenvalue weighted by Crippen LogP contribution is 2.43. The zero-order valence-electron chi connectivity index (χ0n) is 17.1. The van der Waals surface area contributed by atoms with E-state index in [4.69, 9.17) is 12.2 Å². The lowest BCUT2D eigenvalue weighted by Crippen LogP contribution is -2.29. The Balaban J connectivity index is 1.88. The van der Waals surface area contributed by atoms with E-state index >= 15 is 0 Å². The molecular formula is C23H25FN4S. The fourth-order valence-corrected chi connectivity index (χ4v) is 4.79. The summed E-state index contributed by atoms with van der Waals surface area (Å²) in [6.07, 6.45) is 1.80. The number of rotatable bonds is 4.